The van der Waals surface area contributed by atoms with Gasteiger partial charge in [0.05, 0.1) is 0 Å². The zero-order valence-electron chi connectivity index (χ0n) is 5.91. The van der Waals surface area contributed by atoms with Gasteiger partial charge in [-0.05, 0) is 0 Å². The Balaban J connectivity index is 2.08. The molecule has 0 spiro atoms. The van der Waals surface area contributed by atoms with Crippen molar-refractivity contribution in [1.29, 1.82) is 0 Å². The summed E-state index contributed by atoms with van der Waals surface area (Å²) in [5, 5.41) is 0. The Morgan fingerprint density at radius 3 is 2.44 bits per heavy atom. The lowest BCUT2D eigenvalue weighted by Crippen LogP contribution is -2.06. The van der Waals surface area contributed by atoms with Gasteiger partial charge in [0.1, 0.15) is 0 Å². The van der Waals surface area contributed by atoms with Crippen molar-refractivity contribution in [1.82, 2.24) is 0 Å². The van der Waals surface area contributed by atoms with Gasteiger partial charge in [0.25, 0.3) is 0 Å². The summed E-state index contributed by atoms with van der Waals surface area (Å²) in [7, 11) is 0. The molecule has 0 amide bonds. The molecule has 1 fully saturated rings. The summed E-state index contributed by atoms with van der Waals surface area (Å²) in [6.07, 6.45) is 7.66. The van der Waals surface area contributed by atoms with Crippen LogP contribution in [0.25, 0.3) is 0 Å². The first kappa shape index (κ1) is 8.59. The highest BCUT2D eigenvalue weighted by Gasteiger charge is 2.12. The molecule has 50 valence electrons. The van der Waals surface area contributed by atoms with E-state index >= 15 is 0 Å². The van der Waals surface area contributed by atoms with Gasteiger partial charge in [0, 0.05) is 0 Å². The van der Waals surface area contributed by atoms with E-state index < -0.39 is 0 Å². The average molecular weight is 248 g/mol. The van der Waals surface area contributed by atoms with Crippen LogP contribution in [0.15, 0.2) is 0 Å². The minimum absolute atomic E-state index is 0.339. The number of halogens is 1. The summed E-state index contributed by atoms with van der Waals surface area (Å²) in [5.74, 6) is 1.15. The van der Waals surface area contributed by atoms with Gasteiger partial charge in [-0.15, -0.1) is 4.55 Å². The van der Waals surface area contributed by atoms with Crippen LogP contribution in [0.2, 0.25) is 4.55 Å². The van der Waals surface area contributed by atoms with Gasteiger partial charge in [0.2, 0.25) is 0 Å². The van der Waals surface area contributed by atoms with Crippen LogP contribution < -0.4 is 0 Å². The third kappa shape index (κ3) is 3.42. The summed E-state index contributed by atoms with van der Waals surface area (Å²) in [4.78, 5) is 0. The van der Waals surface area contributed by atoms with E-state index in [4.69, 9.17) is 0 Å². The molecule has 0 aromatic rings. The van der Waals surface area contributed by atoms with Gasteiger partial charge < -0.3 is 18.9 Å². The highest BCUT2D eigenvalue weighted by Crippen LogP contribution is 2.26. The van der Waals surface area contributed by atoms with Crippen molar-refractivity contribution >= 4 is 35.3 Å². The second kappa shape index (κ2) is 5.19. The third-order valence-electron chi connectivity index (χ3n) is 2.24. The lowest BCUT2D eigenvalue weighted by molar-refractivity contribution is 0.385. The molecule has 9 heavy (non-hydrogen) atoms. The smallest absolute Gasteiger partial charge is 0.301 e. The molecule has 1 rings (SSSR count). The van der Waals surface area contributed by atoms with Crippen LogP contribution >= 0.6 is 18.9 Å². The van der Waals surface area contributed by atoms with Crippen molar-refractivity contribution < 1.29 is 0 Å². The molecular formula is C7H13IMg. The van der Waals surface area contributed by atoms with Crippen molar-refractivity contribution in [3.63, 3.8) is 0 Å². The molecule has 2 heteroatoms. The predicted octanol–water partition coefficient (Wildman–Crippen LogP) is 3.04. The maximum Gasteiger partial charge on any atom is 0.464 e. The first-order chi connectivity index (χ1) is 4.43. The van der Waals surface area contributed by atoms with Crippen molar-refractivity contribution in [2.75, 3.05) is 0 Å². The van der Waals surface area contributed by atoms with Crippen molar-refractivity contribution in [2.24, 2.45) is 5.92 Å². The Morgan fingerprint density at radius 1 is 1.22 bits per heavy atom. The molecule has 0 radical (unpaired) electrons. The predicted molar refractivity (Wildman–Crippen MR) is 51.2 cm³/mol. The van der Waals surface area contributed by atoms with Gasteiger partial charge >= 0.3 is 16.5 Å². The Bertz CT molecular complexity index is 66.6. The SMILES string of the molecule is [I][Mg][CH2]C1CCCCC1. The lowest BCUT2D eigenvalue weighted by Gasteiger charge is -2.20. The molecule has 0 bridgehead atoms. The van der Waals surface area contributed by atoms with Crippen molar-refractivity contribution in [3.05, 3.63) is 0 Å². The topological polar surface area (TPSA) is 0 Å². The number of hydrogen-bond acceptors (Lipinski definition) is 0. The van der Waals surface area contributed by atoms with Crippen LogP contribution in [-0.2, 0) is 0 Å². The Morgan fingerprint density at radius 2 is 1.89 bits per heavy atom. The summed E-state index contributed by atoms with van der Waals surface area (Å²) in [6.45, 7) is 0. The normalized spacial score (nSPS) is 21.4. The van der Waals surface area contributed by atoms with Gasteiger partial charge in [-0.3, -0.25) is 0 Å². The molecule has 0 aromatic heterocycles. The molecule has 0 saturated heterocycles. The van der Waals surface area contributed by atoms with Crippen molar-refractivity contribution in [3.8, 4) is 0 Å². The zero-order chi connectivity index (χ0) is 6.53. The van der Waals surface area contributed by atoms with E-state index in [9.17, 15) is 0 Å². The highest BCUT2D eigenvalue weighted by atomic mass is 127. The lowest BCUT2D eigenvalue weighted by atomic mass is 9.91. The molecule has 1 aliphatic carbocycles. The molecule has 0 nitrogen and oxygen atoms in total. The van der Waals surface area contributed by atoms with Crippen LogP contribution in [-0.4, -0.2) is 16.5 Å². The van der Waals surface area contributed by atoms with E-state index in [-0.39, 0.29) is 0 Å². The first-order valence-corrected chi connectivity index (χ1v) is 10.1. The molecular weight excluding hydrogens is 235 g/mol. The van der Waals surface area contributed by atoms with Crippen LogP contribution in [0.3, 0.4) is 0 Å². The fourth-order valence-corrected chi connectivity index (χ4v) is 5.16. The van der Waals surface area contributed by atoms with E-state index in [0.29, 0.717) is 16.5 Å². The van der Waals surface area contributed by atoms with Crippen LogP contribution in [0.4, 0.5) is 0 Å². The first-order valence-electron chi connectivity index (χ1n) is 3.99. The summed E-state index contributed by atoms with van der Waals surface area (Å²) in [5.41, 5.74) is 0. The summed E-state index contributed by atoms with van der Waals surface area (Å²) in [6, 6.07) is 0. The fraction of sp³-hybridized carbons (Fsp3) is 1.00. The highest BCUT2D eigenvalue weighted by molar-refractivity contribution is 14.1. The molecule has 0 aromatic carbocycles. The summed E-state index contributed by atoms with van der Waals surface area (Å²) < 4.78 is 1.61. The molecule has 1 saturated carbocycles. The van der Waals surface area contributed by atoms with Crippen LogP contribution in [0, 0.1) is 5.92 Å². The maximum absolute atomic E-state index is 2.63. The quantitative estimate of drug-likeness (QED) is 0.520. The molecule has 1 aliphatic rings. The molecule has 0 atom stereocenters. The zero-order valence-corrected chi connectivity index (χ0v) is 9.48. The Labute approximate surface area is 77.3 Å². The number of hydrogen-bond donors (Lipinski definition) is 0. The summed E-state index contributed by atoms with van der Waals surface area (Å²) >= 11 is 2.97. The average Bonchev–Trinajstić information content (AvgIpc) is 1.91. The standard InChI is InChI=1S/C7H13.HI.Mg/c1-7-5-3-2-4-6-7;;/h7H,1-6H2;1H;/q;;+1/p-1. The monoisotopic (exact) mass is 248 g/mol. The van der Waals surface area contributed by atoms with Gasteiger partial charge in [-0.25, -0.2) is 0 Å². The van der Waals surface area contributed by atoms with Gasteiger partial charge in [-0.1, -0.05) is 38.0 Å². The largest absolute Gasteiger partial charge is 0.464 e. The maximum atomic E-state index is 2.63. The molecule has 0 heterocycles. The molecule has 0 N–H and O–H groups in total. The van der Waals surface area contributed by atoms with Crippen molar-refractivity contribution in [2.45, 2.75) is 36.7 Å². The molecule has 0 aliphatic heterocycles. The minimum Gasteiger partial charge on any atom is -0.301 e. The van der Waals surface area contributed by atoms with Crippen LogP contribution in [0.1, 0.15) is 32.1 Å². The van der Waals surface area contributed by atoms with E-state index in [1.807, 2.05) is 0 Å². The van der Waals surface area contributed by atoms with Crippen LogP contribution in [0.5, 0.6) is 0 Å². The Kier molecular flexibility index (Phi) is 4.95. The fourth-order valence-electron chi connectivity index (χ4n) is 1.63. The minimum atomic E-state index is 0.339. The second-order valence-electron chi connectivity index (χ2n) is 2.98. The van der Waals surface area contributed by atoms with E-state index in [0.717, 1.165) is 5.92 Å². The molecule has 0 unspecified atom stereocenters. The number of rotatable bonds is 2. The second-order valence-corrected chi connectivity index (χ2v) is 7.17. The van der Waals surface area contributed by atoms with E-state index in [1.54, 1.807) is 17.4 Å². The van der Waals surface area contributed by atoms with Gasteiger partial charge in [-0.2, -0.15) is 0 Å². The van der Waals surface area contributed by atoms with Gasteiger partial charge in [0.15, 0.2) is 0 Å². The van der Waals surface area contributed by atoms with E-state index in [2.05, 4.69) is 18.9 Å². The Hall–Kier alpha value is 1.50. The van der Waals surface area contributed by atoms with E-state index in [1.165, 1.54) is 19.3 Å². The third-order valence-corrected chi connectivity index (χ3v) is 5.15.